The summed E-state index contributed by atoms with van der Waals surface area (Å²) in [6.07, 6.45) is 0.316. The molecule has 0 aliphatic carbocycles. The highest BCUT2D eigenvalue weighted by molar-refractivity contribution is 5.28. The quantitative estimate of drug-likeness (QED) is 0.716. The number of aromatic nitrogens is 2. The van der Waals surface area contributed by atoms with Crippen molar-refractivity contribution >= 4 is 5.95 Å². The van der Waals surface area contributed by atoms with Gasteiger partial charge in [0, 0.05) is 26.0 Å². The van der Waals surface area contributed by atoms with Gasteiger partial charge < -0.3 is 14.6 Å². The average molecular weight is 247 g/mol. The molecule has 98 valence electrons. The van der Waals surface area contributed by atoms with Gasteiger partial charge in [-0.1, -0.05) is 0 Å². The second kappa shape index (κ2) is 7.21. The van der Waals surface area contributed by atoms with Gasteiger partial charge in [0.15, 0.2) is 0 Å². The lowest BCUT2D eigenvalue weighted by Gasteiger charge is -2.09. The molecule has 4 nitrogen and oxygen atoms in total. The highest BCUT2D eigenvalue weighted by Gasteiger charge is 2.08. The maximum absolute atomic E-state index is 12.1. The van der Waals surface area contributed by atoms with Crippen LogP contribution in [-0.2, 0) is 11.3 Å². The third kappa shape index (κ3) is 5.12. The van der Waals surface area contributed by atoms with Gasteiger partial charge in [0.2, 0.25) is 5.95 Å². The van der Waals surface area contributed by atoms with Gasteiger partial charge in [-0.25, -0.2) is 13.8 Å². The molecule has 0 atom stereocenters. The summed E-state index contributed by atoms with van der Waals surface area (Å²) in [4.78, 5) is 4.16. The fourth-order valence-electron chi connectivity index (χ4n) is 1.51. The number of nitrogens with zero attached hydrogens (tertiary/aromatic N) is 2. The van der Waals surface area contributed by atoms with Crippen molar-refractivity contribution in [2.75, 3.05) is 25.1 Å². The summed E-state index contributed by atoms with van der Waals surface area (Å²) < 4.78 is 31.3. The zero-order chi connectivity index (χ0) is 12.7. The second-order valence-electron chi connectivity index (χ2n) is 3.72. The van der Waals surface area contributed by atoms with Gasteiger partial charge in [0.25, 0.3) is 6.43 Å². The van der Waals surface area contributed by atoms with Gasteiger partial charge in [-0.2, -0.15) is 0 Å². The van der Waals surface area contributed by atoms with Gasteiger partial charge in [-0.05, 0) is 20.3 Å². The van der Waals surface area contributed by atoms with Crippen LogP contribution in [0, 0.1) is 6.92 Å². The van der Waals surface area contributed by atoms with Crippen LogP contribution in [-0.4, -0.2) is 35.7 Å². The third-order valence-corrected chi connectivity index (χ3v) is 2.20. The van der Waals surface area contributed by atoms with E-state index < -0.39 is 6.43 Å². The molecule has 0 amide bonds. The molecule has 1 heterocycles. The fraction of sp³-hybridized carbons (Fsp3) is 0.727. The van der Waals surface area contributed by atoms with E-state index >= 15 is 0 Å². The first-order valence-corrected chi connectivity index (χ1v) is 5.77. The minimum Gasteiger partial charge on any atom is -0.382 e. The van der Waals surface area contributed by atoms with E-state index in [1.165, 1.54) is 0 Å². The van der Waals surface area contributed by atoms with Crippen molar-refractivity contribution in [3.05, 3.63) is 11.9 Å². The highest BCUT2D eigenvalue weighted by Crippen LogP contribution is 2.10. The molecule has 0 spiro atoms. The molecular formula is C11H19F2N3O. The number of hydrogen-bond acceptors (Lipinski definition) is 3. The van der Waals surface area contributed by atoms with Crippen LogP contribution < -0.4 is 5.32 Å². The lowest BCUT2D eigenvalue weighted by molar-refractivity contribution is 0.141. The summed E-state index contributed by atoms with van der Waals surface area (Å²) in [5.74, 6) is 0.499. The number of rotatable bonds is 8. The molecule has 1 aromatic rings. The van der Waals surface area contributed by atoms with Crippen LogP contribution >= 0.6 is 0 Å². The Labute approximate surface area is 100.0 Å². The van der Waals surface area contributed by atoms with Crippen molar-refractivity contribution in [2.45, 2.75) is 33.2 Å². The Morgan fingerprint density at radius 1 is 1.53 bits per heavy atom. The van der Waals surface area contributed by atoms with E-state index in [0.717, 1.165) is 12.1 Å². The van der Waals surface area contributed by atoms with Crippen LogP contribution in [0.3, 0.4) is 0 Å². The topological polar surface area (TPSA) is 39.1 Å². The zero-order valence-electron chi connectivity index (χ0n) is 10.2. The third-order valence-electron chi connectivity index (χ3n) is 2.20. The second-order valence-corrected chi connectivity index (χ2v) is 3.72. The number of aryl methyl sites for hydroxylation is 2. The summed E-state index contributed by atoms with van der Waals surface area (Å²) in [6.45, 7) is 5.49. The molecule has 17 heavy (non-hydrogen) atoms. The first-order valence-electron chi connectivity index (χ1n) is 5.77. The Bertz CT molecular complexity index is 329. The standard InChI is InChI=1S/C11H19F2N3O/c1-3-17-6-4-5-16-8-9(2)15-11(16)14-7-10(12)13/h8,10H,3-7H2,1-2H3,(H,14,15). The van der Waals surface area contributed by atoms with Crippen molar-refractivity contribution in [3.8, 4) is 0 Å². The zero-order valence-corrected chi connectivity index (χ0v) is 10.2. The Hall–Kier alpha value is -1.17. The number of nitrogens with one attached hydrogen (secondary N) is 1. The fourth-order valence-corrected chi connectivity index (χ4v) is 1.51. The van der Waals surface area contributed by atoms with Crippen molar-refractivity contribution in [2.24, 2.45) is 0 Å². The van der Waals surface area contributed by atoms with Crippen molar-refractivity contribution < 1.29 is 13.5 Å². The monoisotopic (exact) mass is 247 g/mol. The highest BCUT2D eigenvalue weighted by atomic mass is 19.3. The number of ether oxygens (including phenoxy) is 1. The van der Waals surface area contributed by atoms with Crippen LogP contribution in [0.2, 0.25) is 0 Å². The Morgan fingerprint density at radius 3 is 2.94 bits per heavy atom. The van der Waals surface area contributed by atoms with Crippen LogP contribution in [0.15, 0.2) is 6.20 Å². The van der Waals surface area contributed by atoms with Gasteiger partial charge in [0.05, 0.1) is 12.2 Å². The molecule has 0 aromatic carbocycles. The number of anilines is 1. The van der Waals surface area contributed by atoms with E-state index in [0.29, 0.717) is 25.7 Å². The van der Waals surface area contributed by atoms with E-state index in [-0.39, 0.29) is 6.54 Å². The minimum absolute atomic E-state index is 0.373. The maximum Gasteiger partial charge on any atom is 0.255 e. The van der Waals surface area contributed by atoms with E-state index in [2.05, 4.69) is 10.3 Å². The van der Waals surface area contributed by atoms with Gasteiger partial charge in [-0.15, -0.1) is 0 Å². The predicted octanol–water partition coefficient (Wildman–Crippen LogP) is 2.30. The Kier molecular flexibility index (Phi) is 5.90. The summed E-state index contributed by atoms with van der Waals surface area (Å²) in [7, 11) is 0. The molecule has 0 saturated carbocycles. The molecule has 0 aliphatic heterocycles. The first kappa shape index (κ1) is 13.9. The molecule has 0 saturated heterocycles. The Morgan fingerprint density at radius 2 is 2.29 bits per heavy atom. The van der Waals surface area contributed by atoms with Crippen LogP contribution in [0.4, 0.5) is 14.7 Å². The molecule has 6 heteroatoms. The van der Waals surface area contributed by atoms with Gasteiger partial charge in [-0.3, -0.25) is 0 Å². The van der Waals surface area contributed by atoms with E-state index in [1.54, 1.807) is 0 Å². The van der Waals surface area contributed by atoms with Crippen molar-refractivity contribution in [3.63, 3.8) is 0 Å². The summed E-state index contributed by atoms with van der Waals surface area (Å²) >= 11 is 0. The molecule has 1 aromatic heterocycles. The minimum atomic E-state index is -2.37. The summed E-state index contributed by atoms with van der Waals surface area (Å²) in [5, 5.41) is 2.64. The smallest absolute Gasteiger partial charge is 0.255 e. The average Bonchev–Trinajstić information content (AvgIpc) is 2.62. The van der Waals surface area contributed by atoms with Crippen LogP contribution in [0.5, 0.6) is 0 Å². The van der Waals surface area contributed by atoms with Gasteiger partial charge in [0.1, 0.15) is 0 Å². The molecule has 0 bridgehead atoms. The molecular weight excluding hydrogens is 228 g/mol. The first-order chi connectivity index (χ1) is 8.13. The largest absolute Gasteiger partial charge is 0.382 e. The Balaban J connectivity index is 2.46. The van der Waals surface area contributed by atoms with Crippen LogP contribution in [0.25, 0.3) is 0 Å². The van der Waals surface area contributed by atoms with E-state index in [1.807, 2.05) is 24.6 Å². The molecule has 0 radical (unpaired) electrons. The molecule has 0 fully saturated rings. The number of halogens is 2. The normalized spacial score (nSPS) is 11.1. The summed E-state index contributed by atoms with van der Waals surface area (Å²) in [5.41, 5.74) is 0.818. The molecule has 0 unspecified atom stereocenters. The number of hydrogen-bond donors (Lipinski definition) is 1. The molecule has 0 aliphatic rings. The van der Waals surface area contributed by atoms with E-state index in [4.69, 9.17) is 4.74 Å². The van der Waals surface area contributed by atoms with E-state index in [9.17, 15) is 8.78 Å². The molecule has 1 N–H and O–H groups in total. The predicted molar refractivity (Wildman–Crippen MR) is 62.6 cm³/mol. The van der Waals surface area contributed by atoms with Crippen LogP contribution in [0.1, 0.15) is 19.0 Å². The SMILES string of the molecule is CCOCCCn1cc(C)nc1NCC(F)F. The van der Waals surface area contributed by atoms with Crippen molar-refractivity contribution in [1.82, 2.24) is 9.55 Å². The summed E-state index contributed by atoms with van der Waals surface area (Å²) in [6, 6.07) is 0. The lowest BCUT2D eigenvalue weighted by atomic mass is 10.4. The van der Waals surface area contributed by atoms with Gasteiger partial charge >= 0.3 is 0 Å². The lowest BCUT2D eigenvalue weighted by Crippen LogP contribution is -2.14. The van der Waals surface area contributed by atoms with Crippen molar-refractivity contribution in [1.29, 1.82) is 0 Å². The maximum atomic E-state index is 12.1. The number of imidazole rings is 1. The molecule has 1 rings (SSSR count). The number of alkyl halides is 2.